The third-order valence-electron chi connectivity index (χ3n) is 4.03. The maximum Gasteiger partial charge on any atom is 0.244 e. The molecule has 5 nitrogen and oxygen atoms in total. The molecule has 1 aromatic carbocycles. The Balaban J connectivity index is 1.52. The molecular weight excluding hydrogens is 375 g/mol. The van der Waals surface area contributed by atoms with Crippen LogP contribution in [0.3, 0.4) is 0 Å². The van der Waals surface area contributed by atoms with Crippen LogP contribution in [0, 0.1) is 5.82 Å². The van der Waals surface area contributed by atoms with Crippen molar-refractivity contribution in [2.75, 3.05) is 25.4 Å². The number of halogens is 1. The fourth-order valence-corrected chi connectivity index (χ4v) is 5.18. The molecule has 1 saturated heterocycles. The van der Waals surface area contributed by atoms with Crippen LogP contribution < -0.4 is 5.32 Å². The molecule has 3 rings (SSSR count). The molecule has 0 atom stereocenters. The monoisotopic (exact) mass is 394 g/mol. The van der Waals surface area contributed by atoms with E-state index >= 15 is 0 Å². The number of carbonyl (C=O) groups excluding carboxylic acids is 1. The SMILES string of the molecule is O=C(C=Cc1ccc(-c2ccccc2F)s1)NCCN1CCCS1(=O)=O. The van der Waals surface area contributed by atoms with Gasteiger partial charge in [-0.05, 0) is 30.7 Å². The van der Waals surface area contributed by atoms with Crippen molar-refractivity contribution in [3.05, 3.63) is 53.2 Å². The summed E-state index contributed by atoms with van der Waals surface area (Å²) in [5.74, 6) is -0.384. The van der Waals surface area contributed by atoms with Gasteiger partial charge in [-0.1, -0.05) is 18.2 Å². The molecule has 1 N–H and O–H groups in total. The Morgan fingerprint density at radius 3 is 2.81 bits per heavy atom. The molecule has 0 saturated carbocycles. The largest absolute Gasteiger partial charge is 0.351 e. The second-order valence-corrected chi connectivity index (χ2v) is 9.08. The van der Waals surface area contributed by atoms with Crippen LogP contribution in [0.15, 0.2) is 42.5 Å². The number of amides is 1. The van der Waals surface area contributed by atoms with Crippen molar-refractivity contribution in [3.63, 3.8) is 0 Å². The van der Waals surface area contributed by atoms with Crippen molar-refractivity contribution in [1.29, 1.82) is 0 Å². The lowest BCUT2D eigenvalue weighted by molar-refractivity contribution is -0.116. The van der Waals surface area contributed by atoms with E-state index in [1.807, 2.05) is 12.1 Å². The van der Waals surface area contributed by atoms with Crippen molar-refractivity contribution < 1.29 is 17.6 Å². The van der Waals surface area contributed by atoms with Gasteiger partial charge in [-0.15, -0.1) is 11.3 Å². The van der Waals surface area contributed by atoms with Crippen LogP contribution in [-0.2, 0) is 14.8 Å². The van der Waals surface area contributed by atoms with Gasteiger partial charge in [0.15, 0.2) is 0 Å². The highest BCUT2D eigenvalue weighted by Crippen LogP contribution is 2.30. The van der Waals surface area contributed by atoms with Crippen LogP contribution in [-0.4, -0.2) is 44.0 Å². The van der Waals surface area contributed by atoms with Gasteiger partial charge in [0, 0.05) is 41.0 Å². The minimum atomic E-state index is -3.13. The van der Waals surface area contributed by atoms with Gasteiger partial charge < -0.3 is 5.32 Å². The van der Waals surface area contributed by atoms with Crippen LogP contribution in [0.2, 0.25) is 0 Å². The number of thiophene rings is 1. The van der Waals surface area contributed by atoms with Crippen LogP contribution >= 0.6 is 11.3 Å². The van der Waals surface area contributed by atoms with Crippen molar-refractivity contribution in [2.24, 2.45) is 0 Å². The van der Waals surface area contributed by atoms with Crippen molar-refractivity contribution in [3.8, 4) is 10.4 Å². The highest BCUT2D eigenvalue weighted by Gasteiger charge is 2.27. The van der Waals surface area contributed by atoms with Crippen LogP contribution in [0.4, 0.5) is 4.39 Å². The molecule has 0 radical (unpaired) electrons. The first-order valence-electron chi connectivity index (χ1n) is 8.24. The third-order valence-corrected chi connectivity index (χ3v) is 7.07. The van der Waals surface area contributed by atoms with Crippen molar-refractivity contribution in [1.82, 2.24) is 9.62 Å². The summed E-state index contributed by atoms with van der Waals surface area (Å²) < 4.78 is 38.5. The van der Waals surface area contributed by atoms with E-state index in [9.17, 15) is 17.6 Å². The summed E-state index contributed by atoms with van der Waals surface area (Å²) in [5, 5.41) is 2.68. The Hall–Kier alpha value is -2.03. The summed E-state index contributed by atoms with van der Waals surface area (Å²) in [5.41, 5.74) is 0.536. The topological polar surface area (TPSA) is 66.5 Å². The number of hydrogen-bond donors (Lipinski definition) is 1. The van der Waals surface area contributed by atoms with Gasteiger partial charge in [-0.25, -0.2) is 17.1 Å². The molecule has 0 aliphatic carbocycles. The van der Waals surface area contributed by atoms with E-state index < -0.39 is 10.0 Å². The summed E-state index contributed by atoms with van der Waals surface area (Å²) in [6.45, 7) is 1.08. The molecule has 138 valence electrons. The van der Waals surface area contributed by atoms with E-state index in [0.29, 0.717) is 25.1 Å². The van der Waals surface area contributed by atoms with Crippen LogP contribution in [0.25, 0.3) is 16.5 Å². The second-order valence-electron chi connectivity index (χ2n) is 5.87. The quantitative estimate of drug-likeness (QED) is 0.766. The molecule has 1 aliphatic rings. The fourth-order valence-electron chi connectivity index (χ4n) is 2.71. The third kappa shape index (κ3) is 4.57. The van der Waals surface area contributed by atoms with E-state index in [1.54, 1.807) is 24.3 Å². The van der Waals surface area contributed by atoms with Gasteiger partial charge in [0.2, 0.25) is 15.9 Å². The number of benzene rings is 1. The maximum absolute atomic E-state index is 13.8. The predicted octanol–water partition coefficient (Wildman–Crippen LogP) is 2.72. The Morgan fingerprint density at radius 1 is 1.27 bits per heavy atom. The van der Waals surface area contributed by atoms with Gasteiger partial charge in [-0.3, -0.25) is 4.79 Å². The summed E-state index contributed by atoms with van der Waals surface area (Å²) in [4.78, 5) is 13.5. The van der Waals surface area contributed by atoms with E-state index in [2.05, 4.69) is 5.32 Å². The van der Waals surface area contributed by atoms with Crippen LogP contribution in [0.5, 0.6) is 0 Å². The number of carbonyl (C=O) groups is 1. The number of nitrogens with zero attached hydrogens (tertiary/aromatic N) is 1. The first kappa shape index (κ1) is 18.8. The number of hydrogen-bond acceptors (Lipinski definition) is 4. The normalized spacial score (nSPS) is 17.0. The fraction of sp³-hybridized carbons (Fsp3) is 0.278. The number of nitrogens with one attached hydrogen (secondary N) is 1. The molecule has 8 heteroatoms. The lowest BCUT2D eigenvalue weighted by Crippen LogP contribution is -2.35. The molecule has 0 bridgehead atoms. The second kappa shape index (κ2) is 8.11. The number of rotatable bonds is 6. The zero-order chi connectivity index (χ0) is 18.6. The van der Waals surface area contributed by atoms with E-state index in [1.165, 1.54) is 27.8 Å². The van der Waals surface area contributed by atoms with Crippen molar-refractivity contribution >= 4 is 33.3 Å². The van der Waals surface area contributed by atoms with Gasteiger partial charge >= 0.3 is 0 Å². The first-order chi connectivity index (χ1) is 12.5. The molecule has 1 amide bonds. The molecule has 1 aliphatic heterocycles. The molecule has 2 heterocycles. The van der Waals surface area contributed by atoms with E-state index in [4.69, 9.17) is 0 Å². The Morgan fingerprint density at radius 2 is 2.08 bits per heavy atom. The van der Waals surface area contributed by atoms with Gasteiger partial charge in [0.25, 0.3) is 0 Å². The summed E-state index contributed by atoms with van der Waals surface area (Å²) >= 11 is 1.39. The highest BCUT2D eigenvalue weighted by molar-refractivity contribution is 7.89. The van der Waals surface area contributed by atoms with Crippen LogP contribution in [0.1, 0.15) is 11.3 Å². The Bertz CT molecular complexity index is 922. The maximum atomic E-state index is 13.8. The number of sulfonamides is 1. The zero-order valence-electron chi connectivity index (χ0n) is 14.0. The predicted molar refractivity (Wildman–Crippen MR) is 102 cm³/mol. The molecule has 0 spiro atoms. The van der Waals surface area contributed by atoms with Gasteiger partial charge in [0.1, 0.15) is 5.82 Å². The van der Waals surface area contributed by atoms with Crippen molar-refractivity contribution in [2.45, 2.75) is 6.42 Å². The molecule has 1 fully saturated rings. The van der Waals surface area contributed by atoms with E-state index in [0.717, 1.165) is 9.75 Å². The standard InChI is InChI=1S/C18H19FN2O3S2/c19-16-5-2-1-4-15(16)17-8-6-14(25-17)7-9-18(22)20-10-12-21-11-3-13-26(21,23)24/h1-2,4-9H,3,10-13H2,(H,20,22). The molecular formula is C18H19FN2O3S2. The summed E-state index contributed by atoms with van der Waals surface area (Å²) in [7, 11) is -3.13. The van der Waals surface area contributed by atoms with E-state index in [-0.39, 0.29) is 24.0 Å². The minimum absolute atomic E-state index is 0.184. The average molecular weight is 394 g/mol. The lowest BCUT2D eigenvalue weighted by atomic mass is 10.2. The average Bonchev–Trinajstić information content (AvgIpc) is 3.20. The van der Waals surface area contributed by atoms with Gasteiger partial charge in [0.05, 0.1) is 5.75 Å². The Labute approximate surface area is 156 Å². The molecule has 1 aromatic heterocycles. The smallest absolute Gasteiger partial charge is 0.244 e. The minimum Gasteiger partial charge on any atom is -0.351 e. The summed E-state index contributed by atoms with van der Waals surface area (Å²) in [6, 6.07) is 10.2. The lowest BCUT2D eigenvalue weighted by Gasteiger charge is -2.13. The molecule has 2 aromatic rings. The molecule has 26 heavy (non-hydrogen) atoms. The molecule has 0 unspecified atom stereocenters. The Kier molecular flexibility index (Phi) is 5.85. The van der Waals surface area contributed by atoms with Gasteiger partial charge in [-0.2, -0.15) is 0 Å². The highest BCUT2D eigenvalue weighted by atomic mass is 32.2. The zero-order valence-corrected chi connectivity index (χ0v) is 15.7. The summed E-state index contributed by atoms with van der Waals surface area (Å²) in [6.07, 6.45) is 3.70. The first-order valence-corrected chi connectivity index (χ1v) is 10.7.